The van der Waals surface area contributed by atoms with Crippen LogP contribution < -0.4 is 16.0 Å². The molecule has 0 fully saturated rings. The smallest absolute Gasteiger partial charge is 0.261 e. The minimum absolute atomic E-state index is 0. The van der Waals surface area contributed by atoms with Crippen LogP contribution >= 0.6 is 35.3 Å². The van der Waals surface area contributed by atoms with Crippen LogP contribution in [0.3, 0.4) is 0 Å². The maximum atomic E-state index is 11.9. The number of carbonyl (C=O) groups excluding carboxylic acids is 1. The zero-order valence-corrected chi connectivity index (χ0v) is 21.2. The van der Waals surface area contributed by atoms with Gasteiger partial charge in [-0.2, -0.15) is 5.10 Å². The number of benzene rings is 1. The van der Waals surface area contributed by atoms with Crippen LogP contribution in [0, 0.1) is 13.8 Å². The summed E-state index contributed by atoms with van der Waals surface area (Å²) in [6.45, 7) is 6.01. The van der Waals surface area contributed by atoms with Crippen molar-refractivity contribution in [3.8, 4) is 5.69 Å². The van der Waals surface area contributed by atoms with Gasteiger partial charge in [-0.1, -0.05) is 24.3 Å². The van der Waals surface area contributed by atoms with Gasteiger partial charge in [-0.15, -0.1) is 35.3 Å². The van der Waals surface area contributed by atoms with E-state index in [0.29, 0.717) is 19.6 Å². The summed E-state index contributed by atoms with van der Waals surface area (Å²) in [7, 11) is 1.75. The highest BCUT2D eigenvalue weighted by Gasteiger charge is 2.09. The lowest BCUT2D eigenvalue weighted by atomic mass is 10.1. The molecule has 2 heterocycles. The molecule has 0 saturated heterocycles. The first-order chi connectivity index (χ1) is 14.6. The second-order valence-electron chi connectivity index (χ2n) is 6.91. The number of aliphatic imine (C=N–C) groups is 1. The Morgan fingerprint density at radius 2 is 1.87 bits per heavy atom. The van der Waals surface area contributed by atoms with Crippen LogP contribution in [0.15, 0.2) is 52.8 Å². The van der Waals surface area contributed by atoms with Gasteiger partial charge in [0.05, 0.1) is 16.3 Å². The molecule has 0 saturated carbocycles. The molecule has 9 heteroatoms. The summed E-state index contributed by atoms with van der Waals surface area (Å²) >= 11 is 1.45. The highest BCUT2D eigenvalue weighted by atomic mass is 127. The maximum Gasteiger partial charge on any atom is 0.261 e. The van der Waals surface area contributed by atoms with Crippen LogP contribution in [0.1, 0.15) is 33.0 Å². The average molecular weight is 552 g/mol. The number of hydrogen-bond donors (Lipinski definition) is 3. The second-order valence-corrected chi connectivity index (χ2v) is 7.85. The number of halogens is 1. The molecule has 0 aliphatic rings. The summed E-state index contributed by atoms with van der Waals surface area (Å²) in [6.07, 6.45) is 0.806. The van der Waals surface area contributed by atoms with E-state index >= 15 is 0 Å². The summed E-state index contributed by atoms with van der Waals surface area (Å²) < 4.78 is 1.97. The van der Waals surface area contributed by atoms with E-state index in [4.69, 9.17) is 0 Å². The van der Waals surface area contributed by atoms with Gasteiger partial charge in [-0.05, 0) is 49.4 Å². The molecule has 7 nitrogen and oxygen atoms in total. The lowest BCUT2D eigenvalue weighted by Crippen LogP contribution is -2.38. The Morgan fingerprint density at radius 1 is 1.10 bits per heavy atom. The predicted octanol–water partition coefficient (Wildman–Crippen LogP) is 3.65. The molecule has 31 heavy (non-hydrogen) atoms. The molecule has 0 atom stereocenters. The molecule has 1 amide bonds. The monoisotopic (exact) mass is 552 g/mol. The van der Waals surface area contributed by atoms with Crippen molar-refractivity contribution < 1.29 is 4.79 Å². The fourth-order valence-corrected chi connectivity index (χ4v) is 3.77. The third-order valence-corrected chi connectivity index (χ3v) is 5.44. The third kappa shape index (κ3) is 7.06. The quantitative estimate of drug-likeness (QED) is 0.173. The number of thiophene rings is 1. The molecule has 0 aliphatic heterocycles. The molecule has 0 spiro atoms. The average Bonchev–Trinajstić information content (AvgIpc) is 3.40. The summed E-state index contributed by atoms with van der Waals surface area (Å²) in [6, 6.07) is 14.0. The van der Waals surface area contributed by atoms with Crippen LogP contribution in [0.5, 0.6) is 0 Å². The Balaban J connectivity index is 0.00000341. The first kappa shape index (κ1) is 24.9. The molecule has 0 bridgehead atoms. The van der Waals surface area contributed by atoms with Crippen LogP contribution in [0.4, 0.5) is 0 Å². The van der Waals surface area contributed by atoms with E-state index in [0.717, 1.165) is 39.9 Å². The largest absolute Gasteiger partial charge is 0.356 e. The normalized spacial score (nSPS) is 11.0. The first-order valence-electron chi connectivity index (χ1n) is 9.96. The fourth-order valence-electron chi connectivity index (χ4n) is 3.13. The molecule has 2 aromatic heterocycles. The number of aryl methyl sites for hydroxylation is 2. The van der Waals surface area contributed by atoms with Crippen molar-refractivity contribution in [3.05, 3.63) is 69.7 Å². The topological polar surface area (TPSA) is 83.3 Å². The molecule has 0 unspecified atom stereocenters. The van der Waals surface area contributed by atoms with E-state index < -0.39 is 0 Å². The van der Waals surface area contributed by atoms with Crippen molar-refractivity contribution >= 4 is 47.2 Å². The highest BCUT2D eigenvalue weighted by Crippen LogP contribution is 2.16. The number of hydrogen-bond acceptors (Lipinski definition) is 4. The predicted molar refractivity (Wildman–Crippen MR) is 138 cm³/mol. The van der Waals surface area contributed by atoms with Crippen molar-refractivity contribution in [2.24, 2.45) is 4.99 Å². The first-order valence-corrected chi connectivity index (χ1v) is 10.8. The molecule has 0 radical (unpaired) electrons. The second kappa shape index (κ2) is 12.5. The van der Waals surface area contributed by atoms with E-state index in [1.165, 1.54) is 11.3 Å². The van der Waals surface area contributed by atoms with E-state index in [1.807, 2.05) is 41.3 Å². The van der Waals surface area contributed by atoms with Crippen LogP contribution in [-0.2, 0) is 6.54 Å². The van der Waals surface area contributed by atoms with E-state index in [9.17, 15) is 4.79 Å². The molecule has 3 N–H and O–H groups in total. The zero-order valence-electron chi connectivity index (χ0n) is 18.0. The summed E-state index contributed by atoms with van der Waals surface area (Å²) in [5.74, 6) is 0.705. The lowest BCUT2D eigenvalue weighted by Gasteiger charge is -2.15. The molecule has 0 aliphatic carbocycles. The molecule has 166 valence electrons. The Morgan fingerprint density at radius 3 is 2.55 bits per heavy atom. The number of nitrogens with zero attached hydrogens (tertiary/aromatic N) is 3. The van der Waals surface area contributed by atoms with Gasteiger partial charge in [-0.25, -0.2) is 4.68 Å². The third-order valence-electron chi connectivity index (χ3n) is 4.58. The summed E-state index contributed by atoms with van der Waals surface area (Å²) in [4.78, 5) is 17.0. The minimum atomic E-state index is -0.0201. The lowest BCUT2D eigenvalue weighted by molar-refractivity contribution is 0.0957. The molecule has 3 rings (SSSR count). The summed E-state index contributed by atoms with van der Waals surface area (Å²) in [5.41, 5.74) is 4.29. The van der Waals surface area contributed by atoms with Crippen molar-refractivity contribution in [3.63, 3.8) is 0 Å². The van der Waals surface area contributed by atoms with Crippen molar-refractivity contribution in [2.45, 2.75) is 26.8 Å². The highest BCUT2D eigenvalue weighted by molar-refractivity contribution is 14.0. The van der Waals surface area contributed by atoms with Gasteiger partial charge in [-0.3, -0.25) is 9.79 Å². The van der Waals surface area contributed by atoms with Crippen LogP contribution in [0.25, 0.3) is 5.69 Å². The van der Waals surface area contributed by atoms with E-state index in [2.05, 4.69) is 51.2 Å². The Hall–Kier alpha value is -2.40. The molecular formula is C22H29IN6OS. The molecule has 1 aromatic carbocycles. The van der Waals surface area contributed by atoms with Gasteiger partial charge < -0.3 is 16.0 Å². The summed E-state index contributed by atoms with van der Waals surface area (Å²) in [5, 5.41) is 16.1. The number of para-hydroxylation sites is 1. The van der Waals surface area contributed by atoms with Gasteiger partial charge in [0.15, 0.2) is 5.96 Å². The maximum absolute atomic E-state index is 11.9. The molecule has 3 aromatic rings. The van der Waals surface area contributed by atoms with Crippen LogP contribution in [-0.4, -0.2) is 41.8 Å². The van der Waals surface area contributed by atoms with Gasteiger partial charge in [0.1, 0.15) is 0 Å². The minimum Gasteiger partial charge on any atom is -0.356 e. The number of carbonyl (C=O) groups is 1. The van der Waals surface area contributed by atoms with Crippen LogP contribution in [0.2, 0.25) is 0 Å². The van der Waals surface area contributed by atoms with E-state index in [-0.39, 0.29) is 29.9 Å². The number of amides is 1. The Kier molecular flexibility index (Phi) is 9.99. The standard InChI is InChI=1S/C22H28N6OS.HI/c1-16-14-17(2)28(27-16)19-9-5-4-8-18(19)15-26-22(23-3)25-12-7-11-24-21(29)20-10-6-13-30-20;/h4-6,8-10,13-14H,7,11-12,15H2,1-3H3,(H,24,29)(H2,23,25,26);1H. The SMILES string of the molecule is CN=C(NCCCNC(=O)c1cccs1)NCc1ccccc1-n1nc(C)cc1C.I. The Bertz CT molecular complexity index is 999. The zero-order chi connectivity index (χ0) is 21.3. The Labute approximate surface area is 204 Å². The van der Waals surface area contributed by atoms with Gasteiger partial charge in [0.2, 0.25) is 0 Å². The number of aromatic nitrogens is 2. The number of rotatable bonds is 8. The molecular weight excluding hydrogens is 523 g/mol. The van der Waals surface area contributed by atoms with Gasteiger partial charge >= 0.3 is 0 Å². The van der Waals surface area contributed by atoms with Crippen molar-refractivity contribution in [1.29, 1.82) is 0 Å². The van der Waals surface area contributed by atoms with Gasteiger partial charge in [0, 0.05) is 32.4 Å². The number of guanidine groups is 1. The number of nitrogens with one attached hydrogen (secondary N) is 3. The van der Waals surface area contributed by atoms with E-state index in [1.54, 1.807) is 7.05 Å². The van der Waals surface area contributed by atoms with Crippen molar-refractivity contribution in [1.82, 2.24) is 25.7 Å². The van der Waals surface area contributed by atoms with Gasteiger partial charge in [0.25, 0.3) is 5.91 Å². The fraction of sp³-hybridized carbons (Fsp3) is 0.318. The van der Waals surface area contributed by atoms with Crippen molar-refractivity contribution in [2.75, 3.05) is 20.1 Å².